The van der Waals surface area contributed by atoms with E-state index in [1.54, 1.807) is 18.3 Å². The maximum absolute atomic E-state index is 9.08. The molecule has 0 spiro atoms. The fourth-order valence-corrected chi connectivity index (χ4v) is 4.20. The van der Waals surface area contributed by atoms with Crippen molar-refractivity contribution in [1.82, 2.24) is 4.98 Å². The Balaban J connectivity index is 1.49. The molecule has 0 N–H and O–H groups in total. The third-order valence-corrected chi connectivity index (χ3v) is 7.22. The van der Waals surface area contributed by atoms with Crippen molar-refractivity contribution in [3.05, 3.63) is 81.6 Å². The van der Waals surface area contributed by atoms with Crippen molar-refractivity contribution < 1.29 is 18.8 Å². The average Bonchev–Trinajstić information content (AvgIpc) is 3.05. The van der Waals surface area contributed by atoms with E-state index in [2.05, 4.69) is 11.1 Å². The van der Waals surface area contributed by atoms with Crippen LogP contribution in [0.25, 0.3) is 0 Å². The zero-order valence-electron chi connectivity index (χ0n) is 21.5. The summed E-state index contributed by atoms with van der Waals surface area (Å²) in [6.45, 7) is 12.8. The van der Waals surface area contributed by atoms with Crippen LogP contribution in [0.1, 0.15) is 55.5 Å². The molecule has 0 atom stereocenters. The summed E-state index contributed by atoms with van der Waals surface area (Å²) in [6.07, 6.45) is 3.20. The minimum absolute atomic E-state index is 0.277. The molecule has 4 rings (SSSR count). The Kier molecular flexibility index (Phi) is 7.33. The Morgan fingerprint density at radius 3 is 2.36 bits per heavy atom. The fraction of sp³-hybridized carbons (Fsp3) is 0.357. The van der Waals surface area contributed by atoms with Crippen LogP contribution in [0.15, 0.2) is 48.8 Å². The summed E-state index contributed by atoms with van der Waals surface area (Å²) in [7, 11) is -0.438. The van der Waals surface area contributed by atoms with Crippen LogP contribution >= 0.6 is 11.6 Å². The van der Waals surface area contributed by atoms with Gasteiger partial charge in [-0.2, -0.15) is 5.26 Å². The number of rotatable bonds is 7. The molecule has 6 nitrogen and oxygen atoms in total. The molecule has 0 amide bonds. The molecular formula is C28H30BClN2O4. The van der Waals surface area contributed by atoms with Crippen molar-refractivity contribution in [2.75, 3.05) is 0 Å². The molecule has 2 aromatic carbocycles. The highest BCUT2D eigenvalue weighted by molar-refractivity contribution is 6.62. The lowest BCUT2D eigenvalue weighted by Gasteiger charge is -2.32. The third-order valence-electron chi connectivity index (χ3n) is 6.93. The van der Waals surface area contributed by atoms with Gasteiger partial charge < -0.3 is 18.8 Å². The lowest BCUT2D eigenvalue weighted by Crippen LogP contribution is -2.41. The van der Waals surface area contributed by atoms with Gasteiger partial charge in [0.05, 0.1) is 21.8 Å². The van der Waals surface area contributed by atoms with Gasteiger partial charge >= 0.3 is 7.12 Å². The van der Waals surface area contributed by atoms with E-state index in [0.29, 0.717) is 28.7 Å². The van der Waals surface area contributed by atoms with E-state index in [-0.39, 0.29) is 6.61 Å². The molecule has 1 aliphatic heterocycles. The number of benzene rings is 2. The van der Waals surface area contributed by atoms with Crippen LogP contribution < -0.4 is 14.9 Å². The second-order valence-corrected chi connectivity index (χ2v) is 10.4. The summed E-state index contributed by atoms with van der Waals surface area (Å²) in [5.41, 5.74) is 4.43. The number of nitrogens with zero attached hydrogens (tertiary/aromatic N) is 2. The first-order valence-electron chi connectivity index (χ1n) is 11.8. The van der Waals surface area contributed by atoms with E-state index < -0.39 is 18.3 Å². The number of halogens is 1. The van der Waals surface area contributed by atoms with Crippen LogP contribution in [0.3, 0.4) is 0 Å². The second-order valence-electron chi connectivity index (χ2n) is 10.0. The summed E-state index contributed by atoms with van der Waals surface area (Å²) in [5, 5.41) is 9.59. The van der Waals surface area contributed by atoms with Gasteiger partial charge in [-0.15, -0.1) is 0 Å². The highest BCUT2D eigenvalue weighted by Crippen LogP contribution is 2.37. The van der Waals surface area contributed by atoms with Crippen LogP contribution in [0.4, 0.5) is 0 Å². The molecule has 1 saturated heterocycles. The number of nitriles is 1. The van der Waals surface area contributed by atoms with Crippen LogP contribution in [0.5, 0.6) is 11.5 Å². The molecule has 1 aliphatic rings. The van der Waals surface area contributed by atoms with Crippen LogP contribution in [0, 0.1) is 25.2 Å². The lowest BCUT2D eigenvalue weighted by atomic mass is 9.75. The van der Waals surface area contributed by atoms with Gasteiger partial charge in [0.2, 0.25) is 0 Å². The summed E-state index contributed by atoms with van der Waals surface area (Å²) in [4.78, 5) is 4.08. The largest absolute Gasteiger partial charge is 0.495 e. The van der Waals surface area contributed by atoms with Crippen LogP contribution in [-0.2, 0) is 22.5 Å². The van der Waals surface area contributed by atoms with Gasteiger partial charge in [-0.25, -0.2) is 0 Å². The molecule has 0 unspecified atom stereocenters. The molecule has 1 fully saturated rings. The van der Waals surface area contributed by atoms with Crippen molar-refractivity contribution in [2.45, 2.75) is 66.0 Å². The Hall–Kier alpha value is -3.05. The number of aryl methyl sites for hydroxylation is 1. The Labute approximate surface area is 218 Å². The molecule has 1 aromatic heterocycles. The van der Waals surface area contributed by atoms with Gasteiger partial charge in [0, 0.05) is 24.0 Å². The quantitative estimate of drug-likeness (QED) is 0.385. The maximum atomic E-state index is 9.08. The van der Waals surface area contributed by atoms with E-state index in [0.717, 1.165) is 27.7 Å². The number of hydrogen-bond donors (Lipinski definition) is 0. The number of hydrogen-bond acceptors (Lipinski definition) is 6. The van der Waals surface area contributed by atoms with Crippen molar-refractivity contribution >= 4 is 24.2 Å². The molecule has 8 heteroatoms. The third kappa shape index (κ3) is 5.36. The number of pyridine rings is 1. The minimum Gasteiger partial charge on any atom is -0.488 e. The fourth-order valence-electron chi connectivity index (χ4n) is 3.93. The zero-order chi connectivity index (χ0) is 26.1. The Bertz CT molecular complexity index is 1300. The van der Waals surface area contributed by atoms with Gasteiger partial charge in [-0.1, -0.05) is 29.8 Å². The highest BCUT2D eigenvalue weighted by atomic mass is 35.5. The van der Waals surface area contributed by atoms with Gasteiger partial charge in [0.25, 0.3) is 0 Å². The highest BCUT2D eigenvalue weighted by Gasteiger charge is 2.52. The molecule has 3 aromatic rings. The van der Waals surface area contributed by atoms with Crippen LogP contribution in [0.2, 0.25) is 5.02 Å². The summed E-state index contributed by atoms with van der Waals surface area (Å²) >= 11 is 6.50. The SMILES string of the molecule is Cc1cc(Cl)c(OCc2cccc(B3OC(C)(C)C(C)(C)O3)c2C)cc1OCc1cncc(C#N)c1. The average molecular weight is 505 g/mol. The van der Waals surface area contributed by atoms with Gasteiger partial charge in [-0.3, -0.25) is 4.98 Å². The lowest BCUT2D eigenvalue weighted by molar-refractivity contribution is 0.00578. The number of ether oxygens (including phenoxy) is 2. The molecule has 0 aliphatic carbocycles. The molecule has 0 saturated carbocycles. The normalized spacial score (nSPS) is 16.0. The predicted octanol–water partition coefficient (Wildman–Crippen LogP) is 5.68. The Morgan fingerprint density at radius 2 is 1.67 bits per heavy atom. The van der Waals surface area contributed by atoms with Crippen molar-refractivity contribution in [3.8, 4) is 17.6 Å². The second kappa shape index (κ2) is 10.1. The first-order valence-corrected chi connectivity index (χ1v) is 12.2. The van der Waals surface area contributed by atoms with Gasteiger partial charge in [0.15, 0.2) is 0 Å². The van der Waals surface area contributed by atoms with Crippen molar-refractivity contribution in [1.29, 1.82) is 5.26 Å². The molecule has 0 bridgehead atoms. The zero-order valence-corrected chi connectivity index (χ0v) is 22.3. The summed E-state index contributed by atoms with van der Waals surface area (Å²) in [6, 6.07) is 13.5. The van der Waals surface area contributed by atoms with E-state index >= 15 is 0 Å². The molecular weight excluding hydrogens is 475 g/mol. The molecule has 0 radical (unpaired) electrons. The number of aromatic nitrogens is 1. The van der Waals surface area contributed by atoms with Crippen molar-refractivity contribution in [2.24, 2.45) is 0 Å². The van der Waals surface area contributed by atoms with Crippen LogP contribution in [-0.4, -0.2) is 23.3 Å². The van der Waals surface area contributed by atoms with E-state index in [1.165, 1.54) is 6.20 Å². The smallest absolute Gasteiger partial charge is 0.488 e. The first kappa shape index (κ1) is 26.0. The standard InChI is InChI=1S/C28H30BClN2O4/c1-18-10-24(30)26(12-25(18)33-16-21-11-20(13-31)14-32-15-21)34-17-22-8-7-9-23(19(22)2)29-35-27(3,4)28(5,6)36-29/h7-12,14-15H,16-17H2,1-6H3. The predicted molar refractivity (Wildman–Crippen MR) is 141 cm³/mol. The first-order chi connectivity index (χ1) is 17.0. The minimum atomic E-state index is -0.438. The summed E-state index contributed by atoms with van der Waals surface area (Å²) < 4.78 is 24.6. The monoisotopic (exact) mass is 504 g/mol. The molecule has 36 heavy (non-hydrogen) atoms. The maximum Gasteiger partial charge on any atom is 0.495 e. The van der Waals surface area contributed by atoms with E-state index in [4.69, 9.17) is 35.6 Å². The summed E-state index contributed by atoms with van der Waals surface area (Å²) in [5.74, 6) is 1.18. The van der Waals surface area contributed by atoms with Gasteiger partial charge in [-0.05, 0) is 75.8 Å². The van der Waals surface area contributed by atoms with E-state index in [1.807, 2.05) is 65.8 Å². The topological polar surface area (TPSA) is 73.6 Å². The molecule has 186 valence electrons. The molecule has 2 heterocycles. The Morgan fingerprint density at radius 1 is 0.972 bits per heavy atom. The van der Waals surface area contributed by atoms with Crippen molar-refractivity contribution in [3.63, 3.8) is 0 Å². The van der Waals surface area contributed by atoms with E-state index in [9.17, 15) is 0 Å². The van der Waals surface area contributed by atoms with Gasteiger partial charge in [0.1, 0.15) is 30.8 Å².